The minimum absolute atomic E-state index is 0.178. The smallest absolute Gasteiger partial charge is 0.306 e. The molecule has 0 bridgehead atoms. The summed E-state index contributed by atoms with van der Waals surface area (Å²) < 4.78 is 15.3. The Balaban J connectivity index is 1.81. The Bertz CT molecular complexity index is 456. The first-order valence-electron chi connectivity index (χ1n) is 5.47. The summed E-state index contributed by atoms with van der Waals surface area (Å²) >= 11 is 0. The van der Waals surface area contributed by atoms with Crippen LogP contribution in [-0.2, 0) is 9.53 Å². The van der Waals surface area contributed by atoms with Crippen LogP contribution in [0.5, 0.6) is 11.5 Å². The molecule has 5 nitrogen and oxygen atoms in total. The highest BCUT2D eigenvalue weighted by atomic mass is 16.7. The van der Waals surface area contributed by atoms with Crippen LogP contribution in [0.3, 0.4) is 0 Å². The molecule has 1 aromatic carbocycles. The lowest BCUT2D eigenvalue weighted by molar-refractivity contribution is -0.137. The monoisotopic (exact) mass is 236 g/mol. The van der Waals surface area contributed by atoms with Crippen LogP contribution in [0.2, 0.25) is 0 Å². The summed E-state index contributed by atoms with van der Waals surface area (Å²) in [6.45, 7) is 0.481. The van der Waals surface area contributed by atoms with E-state index in [0.29, 0.717) is 11.5 Å². The van der Waals surface area contributed by atoms with Crippen LogP contribution in [0.25, 0.3) is 0 Å². The second kappa shape index (κ2) is 3.92. The number of aliphatic hydroxyl groups excluding tert-OH is 1. The zero-order valence-electron chi connectivity index (χ0n) is 9.09. The van der Waals surface area contributed by atoms with E-state index in [1.807, 2.05) is 0 Å². The number of aliphatic hydroxyl groups is 1. The Morgan fingerprint density at radius 1 is 1.24 bits per heavy atom. The molecule has 0 aliphatic carbocycles. The predicted octanol–water partition coefficient (Wildman–Crippen LogP) is 1.01. The van der Waals surface area contributed by atoms with Crippen molar-refractivity contribution in [3.05, 3.63) is 23.8 Å². The van der Waals surface area contributed by atoms with Gasteiger partial charge in [-0.15, -0.1) is 0 Å². The molecule has 2 heterocycles. The maximum Gasteiger partial charge on any atom is 0.306 e. The summed E-state index contributed by atoms with van der Waals surface area (Å²) in [5.74, 6) is 0.879. The molecule has 0 saturated carbocycles. The molecule has 1 saturated heterocycles. The molecule has 2 aliphatic rings. The molecule has 0 aromatic heterocycles. The van der Waals surface area contributed by atoms with E-state index in [1.54, 1.807) is 18.2 Å². The largest absolute Gasteiger partial charge is 0.465 e. The molecular weight excluding hydrogens is 224 g/mol. The van der Waals surface area contributed by atoms with Crippen molar-refractivity contribution >= 4 is 5.97 Å². The van der Waals surface area contributed by atoms with Crippen LogP contribution < -0.4 is 9.47 Å². The molecule has 5 heteroatoms. The molecule has 1 fully saturated rings. The Morgan fingerprint density at radius 3 is 2.82 bits per heavy atom. The summed E-state index contributed by atoms with van der Waals surface area (Å²) in [7, 11) is 0. The standard InChI is InChI=1S/C12H12O5/c13-11-4-8(5-15-11)12(14)7-1-2-9-10(3-7)17-6-16-9/h1-3,8,12,14H,4-6H2/t8-,12-/m1/s1. The maximum absolute atomic E-state index is 11.0. The molecule has 0 amide bonds. The van der Waals surface area contributed by atoms with E-state index in [1.165, 1.54) is 0 Å². The maximum atomic E-state index is 11.0. The van der Waals surface area contributed by atoms with Gasteiger partial charge in [0.05, 0.1) is 19.1 Å². The molecular formula is C12H12O5. The molecule has 0 radical (unpaired) electrons. The molecule has 2 atom stereocenters. The van der Waals surface area contributed by atoms with Gasteiger partial charge < -0.3 is 19.3 Å². The Morgan fingerprint density at radius 2 is 2.06 bits per heavy atom. The molecule has 0 unspecified atom stereocenters. The summed E-state index contributed by atoms with van der Waals surface area (Å²) in [6, 6.07) is 5.29. The molecule has 17 heavy (non-hydrogen) atoms. The van der Waals surface area contributed by atoms with Gasteiger partial charge in [-0.1, -0.05) is 6.07 Å². The minimum Gasteiger partial charge on any atom is -0.465 e. The number of fused-ring (bicyclic) bond motifs is 1. The highest BCUT2D eigenvalue weighted by Crippen LogP contribution is 2.37. The third-order valence-corrected chi connectivity index (χ3v) is 3.07. The Kier molecular flexibility index (Phi) is 2.40. The highest BCUT2D eigenvalue weighted by molar-refractivity contribution is 5.71. The van der Waals surface area contributed by atoms with E-state index in [9.17, 15) is 9.90 Å². The van der Waals surface area contributed by atoms with Crippen molar-refractivity contribution in [1.82, 2.24) is 0 Å². The molecule has 90 valence electrons. The van der Waals surface area contributed by atoms with Crippen molar-refractivity contribution < 1.29 is 24.1 Å². The van der Waals surface area contributed by atoms with Gasteiger partial charge in [0.2, 0.25) is 6.79 Å². The van der Waals surface area contributed by atoms with Crippen molar-refractivity contribution in [2.75, 3.05) is 13.4 Å². The van der Waals surface area contributed by atoms with Gasteiger partial charge in [0, 0.05) is 5.92 Å². The number of carbonyl (C=O) groups is 1. The minimum atomic E-state index is -0.712. The van der Waals surface area contributed by atoms with Gasteiger partial charge in [0.15, 0.2) is 11.5 Å². The second-order valence-corrected chi connectivity index (χ2v) is 4.20. The van der Waals surface area contributed by atoms with E-state index in [-0.39, 0.29) is 31.7 Å². The predicted molar refractivity (Wildman–Crippen MR) is 56.6 cm³/mol. The van der Waals surface area contributed by atoms with Crippen LogP contribution in [0, 0.1) is 5.92 Å². The summed E-state index contributed by atoms with van der Waals surface area (Å²) in [5, 5.41) is 10.1. The molecule has 2 aliphatic heterocycles. The summed E-state index contributed by atoms with van der Waals surface area (Å²) in [4.78, 5) is 11.0. The first-order chi connectivity index (χ1) is 8.24. The summed E-state index contributed by atoms with van der Waals surface area (Å²) in [5.41, 5.74) is 0.720. The molecule has 1 aromatic rings. The van der Waals surface area contributed by atoms with E-state index < -0.39 is 6.10 Å². The lowest BCUT2D eigenvalue weighted by atomic mass is 9.95. The van der Waals surface area contributed by atoms with Gasteiger partial charge in [0.1, 0.15) is 0 Å². The third kappa shape index (κ3) is 1.82. The zero-order valence-corrected chi connectivity index (χ0v) is 9.09. The first kappa shape index (κ1) is 10.4. The number of hydrogen-bond donors (Lipinski definition) is 1. The van der Waals surface area contributed by atoms with Crippen LogP contribution in [0.4, 0.5) is 0 Å². The van der Waals surface area contributed by atoms with Crippen molar-refractivity contribution in [3.8, 4) is 11.5 Å². The average Bonchev–Trinajstić information content (AvgIpc) is 2.95. The van der Waals surface area contributed by atoms with Gasteiger partial charge >= 0.3 is 5.97 Å². The number of cyclic esters (lactones) is 1. The number of hydrogen-bond acceptors (Lipinski definition) is 5. The van der Waals surface area contributed by atoms with E-state index in [2.05, 4.69) is 0 Å². The number of carbonyl (C=O) groups excluding carboxylic acids is 1. The fraction of sp³-hybridized carbons (Fsp3) is 0.417. The zero-order chi connectivity index (χ0) is 11.8. The van der Waals surface area contributed by atoms with E-state index in [4.69, 9.17) is 14.2 Å². The van der Waals surface area contributed by atoms with E-state index >= 15 is 0 Å². The topological polar surface area (TPSA) is 65.0 Å². The highest BCUT2D eigenvalue weighted by Gasteiger charge is 2.31. The molecule has 0 spiro atoms. The fourth-order valence-corrected chi connectivity index (χ4v) is 2.10. The quantitative estimate of drug-likeness (QED) is 0.776. The normalized spacial score (nSPS) is 23.6. The van der Waals surface area contributed by atoms with Crippen LogP contribution in [-0.4, -0.2) is 24.5 Å². The second-order valence-electron chi connectivity index (χ2n) is 4.20. The third-order valence-electron chi connectivity index (χ3n) is 3.07. The van der Waals surface area contributed by atoms with Gasteiger partial charge in [-0.2, -0.15) is 0 Å². The number of esters is 1. The van der Waals surface area contributed by atoms with Crippen LogP contribution >= 0.6 is 0 Å². The first-order valence-corrected chi connectivity index (χ1v) is 5.47. The SMILES string of the molecule is O=C1C[C@@H]([C@H](O)c2ccc3c(c2)OCO3)CO1. The number of ether oxygens (including phenoxy) is 3. The summed E-state index contributed by atoms with van der Waals surface area (Å²) in [6.07, 6.45) is -0.453. The van der Waals surface area contributed by atoms with Crippen molar-refractivity contribution in [2.45, 2.75) is 12.5 Å². The van der Waals surface area contributed by atoms with Gasteiger partial charge in [-0.25, -0.2) is 0 Å². The Hall–Kier alpha value is -1.75. The number of benzene rings is 1. The molecule has 1 N–H and O–H groups in total. The average molecular weight is 236 g/mol. The lowest BCUT2D eigenvalue weighted by Gasteiger charge is -2.15. The Labute approximate surface area is 97.9 Å². The fourth-order valence-electron chi connectivity index (χ4n) is 2.10. The van der Waals surface area contributed by atoms with Crippen LogP contribution in [0.15, 0.2) is 18.2 Å². The van der Waals surface area contributed by atoms with Crippen molar-refractivity contribution in [2.24, 2.45) is 5.92 Å². The molecule has 3 rings (SSSR count). The van der Waals surface area contributed by atoms with Crippen molar-refractivity contribution in [1.29, 1.82) is 0 Å². The number of rotatable bonds is 2. The van der Waals surface area contributed by atoms with Gasteiger partial charge in [-0.05, 0) is 17.7 Å². The van der Waals surface area contributed by atoms with Gasteiger partial charge in [-0.3, -0.25) is 4.79 Å². The van der Waals surface area contributed by atoms with E-state index in [0.717, 1.165) is 5.56 Å². The van der Waals surface area contributed by atoms with Crippen LogP contribution in [0.1, 0.15) is 18.1 Å². The van der Waals surface area contributed by atoms with Gasteiger partial charge in [0.25, 0.3) is 0 Å². The lowest BCUT2D eigenvalue weighted by Crippen LogP contribution is -2.12. The van der Waals surface area contributed by atoms with Crippen molar-refractivity contribution in [3.63, 3.8) is 0 Å².